The lowest BCUT2D eigenvalue weighted by molar-refractivity contribution is -0.139. The van der Waals surface area contributed by atoms with Gasteiger partial charge in [0.05, 0.1) is 0 Å². The average molecular weight is 286 g/mol. The van der Waals surface area contributed by atoms with Gasteiger partial charge in [-0.1, -0.05) is 26.2 Å². The van der Waals surface area contributed by atoms with E-state index in [-0.39, 0.29) is 19.1 Å². The predicted octanol–water partition coefficient (Wildman–Crippen LogP) is 1.48. The topological polar surface area (TPSA) is 98.7 Å². The van der Waals surface area contributed by atoms with E-state index in [2.05, 4.69) is 10.6 Å². The molecule has 0 bridgehead atoms. The molecule has 6 heteroatoms. The van der Waals surface area contributed by atoms with Crippen molar-refractivity contribution in [2.24, 2.45) is 5.92 Å². The molecule has 0 heterocycles. The van der Waals surface area contributed by atoms with Gasteiger partial charge in [0.25, 0.3) is 0 Å². The third-order valence-corrected chi connectivity index (χ3v) is 4.00. The van der Waals surface area contributed by atoms with Crippen molar-refractivity contribution in [3.8, 4) is 0 Å². The van der Waals surface area contributed by atoms with Gasteiger partial charge in [0.15, 0.2) is 0 Å². The van der Waals surface area contributed by atoms with E-state index in [0.717, 1.165) is 19.3 Å². The molecule has 6 nitrogen and oxygen atoms in total. The molecule has 0 aromatic carbocycles. The van der Waals surface area contributed by atoms with Crippen molar-refractivity contribution < 1.29 is 19.8 Å². The zero-order valence-electron chi connectivity index (χ0n) is 12.1. The van der Waals surface area contributed by atoms with Crippen LogP contribution in [0.25, 0.3) is 0 Å². The van der Waals surface area contributed by atoms with Crippen molar-refractivity contribution in [1.29, 1.82) is 0 Å². The van der Waals surface area contributed by atoms with Crippen LogP contribution in [0.5, 0.6) is 0 Å². The molecule has 0 spiro atoms. The van der Waals surface area contributed by atoms with E-state index in [4.69, 9.17) is 10.2 Å². The summed E-state index contributed by atoms with van der Waals surface area (Å²) < 4.78 is 0. The summed E-state index contributed by atoms with van der Waals surface area (Å²) in [7, 11) is 0. The molecule has 1 aliphatic carbocycles. The minimum Gasteiger partial charge on any atom is -0.480 e. The second-order valence-electron chi connectivity index (χ2n) is 5.43. The molecule has 20 heavy (non-hydrogen) atoms. The Morgan fingerprint density at radius 1 is 1.20 bits per heavy atom. The molecule has 1 fully saturated rings. The van der Waals surface area contributed by atoms with Gasteiger partial charge >= 0.3 is 12.0 Å². The first-order valence-electron chi connectivity index (χ1n) is 7.49. The van der Waals surface area contributed by atoms with E-state index >= 15 is 0 Å². The number of hydrogen-bond donors (Lipinski definition) is 4. The van der Waals surface area contributed by atoms with Crippen LogP contribution in [0.1, 0.15) is 51.9 Å². The molecule has 1 aliphatic rings. The smallest absolute Gasteiger partial charge is 0.326 e. The summed E-state index contributed by atoms with van der Waals surface area (Å²) in [6.07, 6.45) is 6.77. The van der Waals surface area contributed by atoms with E-state index in [1.165, 1.54) is 19.3 Å². The number of carboxylic acid groups (broad SMARTS) is 1. The molecular weight excluding hydrogens is 260 g/mol. The lowest BCUT2D eigenvalue weighted by atomic mass is 9.83. The molecule has 0 aromatic heterocycles. The summed E-state index contributed by atoms with van der Waals surface area (Å²) in [5.74, 6) is -0.638. The number of carbonyl (C=O) groups excluding carboxylic acids is 1. The Labute approximate surface area is 119 Å². The number of carboxylic acids is 1. The highest BCUT2D eigenvalue weighted by atomic mass is 16.4. The Balaban J connectivity index is 2.47. The number of amides is 2. The van der Waals surface area contributed by atoms with E-state index in [1.807, 2.05) is 6.92 Å². The highest BCUT2D eigenvalue weighted by Gasteiger charge is 2.25. The number of urea groups is 1. The number of carbonyl (C=O) groups is 2. The maximum absolute atomic E-state index is 11.9. The quantitative estimate of drug-likeness (QED) is 0.569. The largest absolute Gasteiger partial charge is 0.480 e. The maximum atomic E-state index is 11.9. The number of aliphatic hydroxyl groups excluding tert-OH is 1. The SMILES string of the molecule is CCC(NC(=O)N[C@@H](CCO)C(=O)O)C1CCCCC1. The molecular formula is C14H26N2O4. The first-order chi connectivity index (χ1) is 9.58. The van der Waals surface area contributed by atoms with E-state index in [9.17, 15) is 9.59 Å². The van der Waals surface area contributed by atoms with Crippen molar-refractivity contribution in [1.82, 2.24) is 10.6 Å². The molecule has 1 rings (SSSR count). The summed E-state index contributed by atoms with van der Waals surface area (Å²) in [6, 6.07) is -1.40. The number of aliphatic carboxylic acids is 1. The van der Waals surface area contributed by atoms with Gasteiger partial charge in [0, 0.05) is 19.1 Å². The average Bonchev–Trinajstić information content (AvgIpc) is 2.45. The summed E-state index contributed by atoms with van der Waals surface area (Å²) >= 11 is 0. The van der Waals surface area contributed by atoms with Gasteiger partial charge in [-0.25, -0.2) is 9.59 Å². The Kier molecular flexibility index (Phi) is 7.36. The van der Waals surface area contributed by atoms with Crippen LogP contribution in [0.15, 0.2) is 0 Å². The van der Waals surface area contributed by atoms with Crippen LogP contribution in [0.3, 0.4) is 0 Å². The Hall–Kier alpha value is -1.30. The molecule has 0 aromatic rings. The van der Waals surface area contributed by atoms with Gasteiger partial charge in [0.2, 0.25) is 0 Å². The minimum absolute atomic E-state index is 0.0168. The Bertz CT molecular complexity index is 316. The molecule has 0 aliphatic heterocycles. The van der Waals surface area contributed by atoms with Crippen molar-refractivity contribution >= 4 is 12.0 Å². The number of aliphatic hydroxyl groups is 1. The normalized spacial score (nSPS) is 19.1. The van der Waals surface area contributed by atoms with Crippen molar-refractivity contribution in [3.05, 3.63) is 0 Å². The first kappa shape index (κ1) is 16.8. The van der Waals surface area contributed by atoms with Crippen LogP contribution in [0.2, 0.25) is 0 Å². The number of rotatable bonds is 7. The molecule has 0 saturated heterocycles. The fourth-order valence-electron chi connectivity index (χ4n) is 2.84. The van der Waals surface area contributed by atoms with Gasteiger partial charge < -0.3 is 20.8 Å². The minimum atomic E-state index is -1.13. The molecule has 0 radical (unpaired) electrons. The fraction of sp³-hybridized carbons (Fsp3) is 0.857. The van der Waals surface area contributed by atoms with Gasteiger partial charge in [-0.15, -0.1) is 0 Å². The lowest BCUT2D eigenvalue weighted by Gasteiger charge is -2.30. The highest BCUT2D eigenvalue weighted by Crippen LogP contribution is 2.27. The molecule has 2 atom stereocenters. The maximum Gasteiger partial charge on any atom is 0.326 e. The van der Waals surface area contributed by atoms with Crippen LogP contribution in [0.4, 0.5) is 4.79 Å². The zero-order valence-corrected chi connectivity index (χ0v) is 12.1. The summed E-state index contributed by atoms with van der Waals surface area (Å²) in [4.78, 5) is 22.8. The van der Waals surface area contributed by atoms with E-state index in [0.29, 0.717) is 5.92 Å². The third kappa shape index (κ3) is 5.36. The number of hydrogen-bond acceptors (Lipinski definition) is 3. The summed E-state index contributed by atoms with van der Waals surface area (Å²) in [6.45, 7) is 1.76. The predicted molar refractivity (Wildman–Crippen MR) is 75.4 cm³/mol. The standard InChI is InChI=1S/C14H26N2O4/c1-2-11(10-6-4-3-5-7-10)15-14(20)16-12(8-9-17)13(18)19/h10-12,17H,2-9H2,1H3,(H,18,19)(H2,15,16,20)/t11?,12-/m0/s1. The molecule has 1 saturated carbocycles. The first-order valence-corrected chi connectivity index (χ1v) is 7.49. The van der Waals surface area contributed by atoms with Crippen LogP contribution >= 0.6 is 0 Å². The van der Waals surface area contributed by atoms with Gasteiger partial charge in [-0.3, -0.25) is 0 Å². The van der Waals surface area contributed by atoms with E-state index < -0.39 is 18.0 Å². The monoisotopic (exact) mass is 286 g/mol. The second-order valence-corrected chi connectivity index (χ2v) is 5.43. The highest BCUT2D eigenvalue weighted by molar-refractivity contribution is 5.82. The van der Waals surface area contributed by atoms with Crippen LogP contribution in [0, 0.1) is 5.92 Å². The van der Waals surface area contributed by atoms with Crippen molar-refractivity contribution in [2.45, 2.75) is 64.0 Å². The number of nitrogens with one attached hydrogen (secondary N) is 2. The van der Waals surface area contributed by atoms with Crippen molar-refractivity contribution in [3.63, 3.8) is 0 Å². The zero-order chi connectivity index (χ0) is 15.0. The van der Waals surface area contributed by atoms with Crippen LogP contribution < -0.4 is 10.6 Å². The molecule has 2 amide bonds. The van der Waals surface area contributed by atoms with Crippen molar-refractivity contribution in [2.75, 3.05) is 6.61 Å². The third-order valence-electron chi connectivity index (χ3n) is 4.00. The van der Waals surface area contributed by atoms with Gasteiger partial charge in [-0.2, -0.15) is 0 Å². The van der Waals surface area contributed by atoms with Gasteiger partial charge in [-0.05, 0) is 25.2 Å². The van der Waals surface area contributed by atoms with Crippen LogP contribution in [-0.2, 0) is 4.79 Å². The Morgan fingerprint density at radius 2 is 1.85 bits per heavy atom. The van der Waals surface area contributed by atoms with Gasteiger partial charge in [0.1, 0.15) is 6.04 Å². The molecule has 116 valence electrons. The van der Waals surface area contributed by atoms with E-state index in [1.54, 1.807) is 0 Å². The Morgan fingerprint density at radius 3 is 2.35 bits per heavy atom. The molecule has 1 unspecified atom stereocenters. The lowest BCUT2D eigenvalue weighted by Crippen LogP contribution is -2.51. The van der Waals surface area contributed by atoms with Crippen LogP contribution in [-0.4, -0.2) is 40.9 Å². The molecule has 4 N–H and O–H groups in total. The summed E-state index contributed by atoms with van der Waals surface area (Å²) in [5, 5.41) is 23.0. The summed E-state index contributed by atoms with van der Waals surface area (Å²) in [5.41, 5.74) is 0. The fourth-order valence-corrected chi connectivity index (χ4v) is 2.84. The second kappa shape index (κ2) is 8.79.